The zero-order valence-corrected chi connectivity index (χ0v) is 28.5. The first-order valence-corrected chi connectivity index (χ1v) is 16.7. The number of nitrogens with zero attached hydrogens (tertiary/aromatic N) is 2. The van der Waals surface area contributed by atoms with Gasteiger partial charge in [-0.3, -0.25) is 9.59 Å². The molecule has 3 aromatic carbocycles. The monoisotopic (exact) mass is 674 g/mol. The van der Waals surface area contributed by atoms with Crippen LogP contribution in [0.25, 0.3) is 0 Å². The summed E-state index contributed by atoms with van der Waals surface area (Å²) in [6, 6.07) is 18.2. The second-order valence-corrected chi connectivity index (χ2v) is 12.7. The first-order valence-electron chi connectivity index (χ1n) is 16.7. The Balaban J connectivity index is 1.36. The van der Waals surface area contributed by atoms with Gasteiger partial charge in [-0.25, -0.2) is 4.79 Å². The molecular weight excluding hydrogens is 628 g/mol. The molecule has 4 amide bonds. The second kappa shape index (κ2) is 16.5. The molecule has 3 aromatic rings. The number of likely N-dealkylation sites (N-methyl/N-ethyl adjacent to an activating group) is 1. The molecule has 0 saturated heterocycles. The summed E-state index contributed by atoms with van der Waals surface area (Å²) in [5.41, 5.74) is 1.78. The number of aliphatic hydroxyl groups excluding tert-OH is 1. The molecule has 0 fully saturated rings. The van der Waals surface area contributed by atoms with Crippen LogP contribution < -0.4 is 24.8 Å². The normalized spacial score (nSPS) is 20.3. The molecule has 4 atom stereocenters. The third-order valence-corrected chi connectivity index (χ3v) is 8.77. The number of hydrogen-bond acceptors (Lipinski definition) is 8. The average molecular weight is 675 g/mol. The molecule has 2 aliphatic heterocycles. The molecule has 12 nitrogen and oxygen atoms in total. The van der Waals surface area contributed by atoms with Gasteiger partial charge in [-0.1, -0.05) is 25.1 Å². The topological polar surface area (TPSA) is 139 Å². The lowest BCUT2D eigenvalue weighted by molar-refractivity contribution is -0.0115. The molecule has 0 radical (unpaired) electrons. The summed E-state index contributed by atoms with van der Waals surface area (Å²) in [5, 5.41) is 16.0. The van der Waals surface area contributed by atoms with Crippen LogP contribution in [0.4, 0.5) is 16.2 Å². The van der Waals surface area contributed by atoms with Crippen LogP contribution in [-0.4, -0.2) is 91.1 Å². The lowest BCUT2D eigenvalue weighted by atomic mass is 10.0. The second-order valence-electron chi connectivity index (χ2n) is 12.7. The highest BCUT2D eigenvalue weighted by atomic mass is 16.7. The predicted molar refractivity (Wildman–Crippen MR) is 185 cm³/mol. The third-order valence-electron chi connectivity index (χ3n) is 8.77. The van der Waals surface area contributed by atoms with Crippen LogP contribution in [-0.2, 0) is 4.74 Å². The van der Waals surface area contributed by atoms with E-state index in [4.69, 9.17) is 18.9 Å². The zero-order chi connectivity index (χ0) is 34.9. The first-order chi connectivity index (χ1) is 23.6. The predicted octanol–water partition coefficient (Wildman–Crippen LogP) is 5.63. The van der Waals surface area contributed by atoms with Crippen LogP contribution in [0.1, 0.15) is 60.7 Å². The molecule has 0 unspecified atom stereocenters. The van der Waals surface area contributed by atoms with Crippen molar-refractivity contribution in [3.8, 4) is 17.2 Å². The highest BCUT2D eigenvalue weighted by molar-refractivity contribution is 6.05. The van der Waals surface area contributed by atoms with Crippen LogP contribution >= 0.6 is 0 Å². The highest BCUT2D eigenvalue weighted by Crippen LogP contribution is 2.34. The Morgan fingerprint density at radius 2 is 1.67 bits per heavy atom. The number of carbonyl (C=O) groups excluding carboxylic acids is 3. The van der Waals surface area contributed by atoms with Gasteiger partial charge < -0.3 is 44.5 Å². The Bertz CT molecular complexity index is 1600. The summed E-state index contributed by atoms with van der Waals surface area (Å²) < 4.78 is 23.5. The number of nitrogens with one attached hydrogen (secondary N) is 2. The SMILES string of the molecule is C[C@@H]1CCCCO[C@H](CN(C)C(=O)Nc2ccc3c(c2)OCO3)[C@@H](C)CN([C@H](C)CO)C(=O)c2cc(NC(=O)c3ccccc3)ccc2O1. The molecule has 0 bridgehead atoms. The molecule has 0 spiro atoms. The lowest BCUT2D eigenvalue weighted by Crippen LogP contribution is -2.48. The molecule has 0 aromatic heterocycles. The fraction of sp³-hybridized carbons (Fsp3) is 0.432. The highest BCUT2D eigenvalue weighted by Gasteiger charge is 2.31. The van der Waals surface area contributed by atoms with Gasteiger partial charge in [0, 0.05) is 55.7 Å². The molecule has 3 N–H and O–H groups in total. The van der Waals surface area contributed by atoms with Crippen LogP contribution in [0.15, 0.2) is 66.7 Å². The van der Waals surface area contributed by atoms with E-state index in [2.05, 4.69) is 10.6 Å². The fourth-order valence-electron chi connectivity index (χ4n) is 5.80. The zero-order valence-electron chi connectivity index (χ0n) is 28.5. The number of aliphatic hydroxyl groups is 1. The standard InChI is InChI=1S/C37H46N4O8/c1-24-20-41(25(2)22-42)36(44)30-18-28(38-35(43)27-11-6-5-7-12-27)13-15-31(30)49-26(3)10-8-9-17-46-34(24)21-40(4)37(45)39-29-14-16-32-33(19-29)48-23-47-32/h5-7,11-16,18-19,24-26,34,42H,8-10,17,20-23H2,1-4H3,(H,38,43)(H,39,45)/t24-,25+,26+,34+/m0/s1. The number of urea groups is 1. The third kappa shape index (κ3) is 9.21. The van der Waals surface area contributed by atoms with E-state index >= 15 is 0 Å². The van der Waals surface area contributed by atoms with Gasteiger partial charge in [0.2, 0.25) is 6.79 Å². The van der Waals surface area contributed by atoms with Crippen LogP contribution in [0, 0.1) is 5.92 Å². The van der Waals surface area contributed by atoms with E-state index in [1.165, 1.54) is 0 Å². The lowest BCUT2D eigenvalue weighted by Gasteiger charge is -2.35. The van der Waals surface area contributed by atoms with E-state index in [0.29, 0.717) is 40.8 Å². The molecule has 262 valence electrons. The van der Waals surface area contributed by atoms with Crippen molar-refractivity contribution in [1.29, 1.82) is 0 Å². The number of rotatable bonds is 7. The summed E-state index contributed by atoms with van der Waals surface area (Å²) in [6.45, 7) is 6.56. The van der Waals surface area contributed by atoms with E-state index < -0.39 is 12.1 Å². The summed E-state index contributed by atoms with van der Waals surface area (Å²) in [6.07, 6.45) is 1.75. The molecule has 0 aliphatic carbocycles. The Kier molecular flexibility index (Phi) is 12.0. The minimum absolute atomic E-state index is 0.140. The maximum atomic E-state index is 14.4. The molecule has 2 heterocycles. The number of hydrogen-bond donors (Lipinski definition) is 3. The maximum Gasteiger partial charge on any atom is 0.321 e. The van der Waals surface area contributed by atoms with E-state index in [1.54, 1.807) is 84.4 Å². The number of benzene rings is 3. The van der Waals surface area contributed by atoms with Gasteiger partial charge in [0.25, 0.3) is 11.8 Å². The van der Waals surface area contributed by atoms with E-state index in [0.717, 1.165) is 19.3 Å². The van der Waals surface area contributed by atoms with Crippen molar-refractivity contribution in [2.45, 2.75) is 58.3 Å². The van der Waals surface area contributed by atoms with Crippen molar-refractivity contribution in [2.24, 2.45) is 5.92 Å². The quantitative estimate of drug-likeness (QED) is 0.293. The Hall–Kier alpha value is -4.81. The number of amides is 4. The van der Waals surface area contributed by atoms with Gasteiger partial charge in [0.1, 0.15) is 5.75 Å². The van der Waals surface area contributed by atoms with Crippen molar-refractivity contribution < 1.29 is 38.4 Å². The van der Waals surface area contributed by atoms with Gasteiger partial charge in [0.15, 0.2) is 11.5 Å². The molecule has 5 rings (SSSR count). The minimum atomic E-state index is -0.539. The Labute approximate surface area is 287 Å². The van der Waals surface area contributed by atoms with E-state index in [-0.39, 0.29) is 61.9 Å². The van der Waals surface area contributed by atoms with Gasteiger partial charge in [-0.15, -0.1) is 0 Å². The summed E-state index contributed by atoms with van der Waals surface area (Å²) in [7, 11) is 1.70. The molecular formula is C37H46N4O8. The summed E-state index contributed by atoms with van der Waals surface area (Å²) >= 11 is 0. The number of ether oxygens (including phenoxy) is 4. The fourth-order valence-corrected chi connectivity index (χ4v) is 5.80. The van der Waals surface area contributed by atoms with Crippen molar-refractivity contribution in [2.75, 3.05) is 50.8 Å². The van der Waals surface area contributed by atoms with Crippen LogP contribution in [0.3, 0.4) is 0 Å². The number of anilines is 2. The van der Waals surface area contributed by atoms with Crippen LogP contribution in [0.2, 0.25) is 0 Å². The van der Waals surface area contributed by atoms with Gasteiger partial charge in [-0.2, -0.15) is 0 Å². The van der Waals surface area contributed by atoms with Crippen molar-refractivity contribution >= 4 is 29.2 Å². The van der Waals surface area contributed by atoms with E-state index in [1.807, 2.05) is 19.9 Å². The Morgan fingerprint density at radius 1 is 0.959 bits per heavy atom. The summed E-state index contributed by atoms with van der Waals surface area (Å²) in [5.74, 6) is 0.716. The number of carbonyl (C=O) groups is 3. The largest absolute Gasteiger partial charge is 0.490 e. The average Bonchev–Trinajstić information content (AvgIpc) is 3.58. The Morgan fingerprint density at radius 3 is 2.43 bits per heavy atom. The summed E-state index contributed by atoms with van der Waals surface area (Å²) in [4.78, 5) is 43.7. The maximum absolute atomic E-state index is 14.4. The number of fused-ring (bicyclic) bond motifs is 2. The molecule has 0 saturated carbocycles. The van der Waals surface area contributed by atoms with Crippen molar-refractivity contribution in [1.82, 2.24) is 9.80 Å². The van der Waals surface area contributed by atoms with Crippen molar-refractivity contribution in [3.05, 3.63) is 77.9 Å². The van der Waals surface area contributed by atoms with Crippen molar-refractivity contribution in [3.63, 3.8) is 0 Å². The van der Waals surface area contributed by atoms with Gasteiger partial charge in [-0.05, 0) is 75.6 Å². The molecule has 12 heteroatoms. The van der Waals surface area contributed by atoms with E-state index in [9.17, 15) is 19.5 Å². The smallest absolute Gasteiger partial charge is 0.321 e. The molecule has 2 aliphatic rings. The van der Waals surface area contributed by atoms with Gasteiger partial charge >= 0.3 is 6.03 Å². The molecule has 49 heavy (non-hydrogen) atoms. The van der Waals surface area contributed by atoms with Crippen LogP contribution in [0.5, 0.6) is 17.2 Å². The minimum Gasteiger partial charge on any atom is -0.490 e. The van der Waals surface area contributed by atoms with Gasteiger partial charge in [0.05, 0.1) is 30.4 Å². The first kappa shape index (κ1) is 35.5.